The van der Waals surface area contributed by atoms with E-state index in [4.69, 9.17) is 4.74 Å². The van der Waals surface area contributed by atoms with Gasteiger partial charge in [0.1, 0.15) is 16.8 Å². The first-order chi connectivity index (χ1) is 11.8. The first-order valence-electron chi connectivity index (χ1n) is 8.28. The van der Waals surface area contributed by atoms with Crippen molar-refractivity contribution < 1.29 is 13.2 Å². The first kappa shape index (κ1) is 17.8. The van der Waals surface area contributed by atoms with Gasteiger partial charge >= 0.3 is 0 Å². The number of H-pyrrole nitrogens is 1. The maximum Gasteiger partial charge on any atom is 0.246 e. The van der Waals surface area contributed by atoms with Crippen LogP contribution in [0.2, 0.25) is 0 Å². The van der Waals surface area contributed by atoms with Crippen molar-refractivity contribution in [3.8, 4) is 5.88 Å². The lowest BCUT2D eigenvalue weighted by atomic mass is 10.1. The third-order valence-electron chi connectivity index (χ3n) is 4.23. The Morgan fingerprint density at radius 3 is 2.64 bits per heavy atom. The lowest BCUT2D eigenvalue weighted by molar-refractivity contribution is 0.124. The van der Waals surface area contributed by atoms with Crippen molar-refractivity contribution in [2.24, 2.45) is 0 Å². The molecule has 0 saturated carbocycles. The molecule has 0 aromatic carbocycles. The van der Waals surface area contributed by atoms with Gasteiger partial charge in [-0.3, -0.25) is 5.10 Å². The van der Waals surface area contributed by atoms with Gasteiger partial charge in [-0.2, -0.15) is 14.4 Å². The number of ether oxygens (including phenoxy) is 1. The maximum atomic E-state index is 13.0. The van der Waals surface area contributed by atoms with E-state index in [0.717, 1.165) is 18.5 Å². The van der Waals surface area contributed by atoms with Crippen molar-refractivity contribution in [3.05, 3.63) is 29.0 Å². The van der Waals surface area contributed by atoms with E-state index in [-0.39, 0.29) is 11.0 Å². The standard InChI is InChI=1S/C16H23N5O3S/c1-10-8-15(18-13(4)17-10)24-14-6-5-7-21(9-14)25(22,23)16-11(2)19-20-12(16)3/h8,14H,5-7,9H2,1-4H3,(H,19,20). The maximum absolute atomic E-state index is 13.0. The molecule has 0 amide bonds. The molecule has 8 nitrogen and oxygen atoms in total. The van der Waals surface area contributed by atoms with Gasteiger partial charge in [0.25, 0.3) is 0 Å². The van der Waals surface area contributed by atoms with Gasteiger partial charge in [0, 0.05) is 18.3 Å². The number of hydrogen-bond donors (Lipinski definition) is 1. The summed E-state index contributed by atoms with van der Waals surface area (Å²) in [5.41, 5.74) is 1.87. The van der Waals surface area contributed by atoms with Crippen molar-refractivity contribution in [3.63, 3.8) is 0 Å². The minimum absolute atomic E-state index is 0.232. The Kier molecular flexibility index (Phi) is 4.79. The summed E-state index contributed by atoms with van der Waals surface area (Å²) in [5, 5.41) is 6.75. The Morgan fingerprint density at radius 1 is 1.24 bits per heavy atom. The molecule has 136 valence electrons. The van der Waals surface area contributed by atoms with Crippen molar-refractivity contribution in [2.45, 2.75) is 51.5 Å². The van der Waals surface area contributed by atoms with Crippen LogP contribution in [0.25, 0.3) is 0 Å². The molecule has 3 heterocycles. The molecular weight excluding hydrogens is 342 g/mol. The van der Waals surface area contributed by atoms with E-state index < -0.39 is 10.0 Å². The molecule has 1 N–H and O–H groups in total. The molecule has 3 rings (SSSR count). The van der Waals surface area contributed by atoms with Gasteiger partial charge in [0.05, 0.1) is 17.9 Å². The highest BCUT2D eigenvalue weighted by atomic mass is 32.2. The summed E-state index contributed by atoms with van der Waals surface area (Å²) in [4.78, 5) is 8.77. The number of rotatable bonds is 4. The number of aromatic nitrogens is 4. The summed E-state index contributed by atoms with van der Waals surface area (Å²) < 4.78 is 33.4. The molecule has 1 saturated heterocycles. The first-order valence-corrected chi connectivity index (χ1v) is 9.72. The molecule has 1 aliphatic rings. The predicted molar refractivity (Wildman–Crippen MR) is 92.0 cm³/mol. The van der Waals surface area contributed by atoms with Crippen molar-refractivity contribution in [1.82, 2.24) is 24.5 Å². The Bertz CT molecular complexity index is 838. The number of piperidine rings is 1. The molecule has 0 aliphatic carbocycles. The fraction of sp³-hybridized carbons (Fsp3) is 0.562. The van der Waals surface area contributed by atoms with Crippen LogP contribution in [0, 0.1) is 27.7 Å². The Balaban J connectivity index is 1.79. The molecule has 2 aromatic heterocycles. The van der Waals surface area contributed by atoms with Crippen LogP contribution in [0.4, 0.5) is 0 Å². The lowest BCUT2D eigenvalue weighted by Gasteiger charge is -2.31. The normalized spacial score (nSPS) is 19.1. The minimum atomic E-state index is -3.59. The third-order valence-corrected chi connectivity index (χ3v) is 6.36. The summed E-state index contributed by atoms with van der Waals surface area (Å²) in [6, 6.07) is 1.77. The van der Waals surface area contributed by atoms with Crippen molar-refractivity contribution in [1.29, 1.82) is 0 Å². The number of aryl methyl sites for hydroxylation is 4. The van der Waals surface area contributed by atoms with Crippen molar-refractivity contribution >= 4 is 10.0 Å². The van der Waals surface area contributed by atoms with Crippen LogP contribution in [0.3, 0.4) is 0 Å². The van der Waals surface area contributed by atoms with E-state index in [1.807, 2.05) is 13.8 Å². The van der Waals surface area contributed by atoms with Crippen LogP contribution >= 0.6 is 0 Å². The molecule has 1 fully saturated rings. The predicted octanol–water partition coefficient (Wildman–Crippen LogP) is 1.67. The van der Waals surface area contributed by atoms with Crippen LogP contribution in [-0.4, -0.2) is 52.1 Å². The summed E-state index contributed by atoms with van der Waals surface area (Å²) in [5.74, 6) is 1.13. The van der Waals surface area contributed by atoms with E-state index in [2.05, 4.69) is 20.2 Å². The van der Waals surface area contributed by atoms with Crippen LogP contribution in [0.1, 0.15) is 35.7 Å². The van der Waals surface area contributed by atoms with Crippen LogP contribution < -0.4 is 4.74 Å². The van der Waals surface area contributed by atoms with Crippen molar-refractivity contribution in [2.75, 3.05) is 13.1 Å². The zero-order valence-electron chi connectivity index (χ0n) is 14.9. The Labute approximate surface area is 147 Å². The SMILES string of the molecule is Cc1cc(OC2CCCN(S(=O)(=O)c3c(C)n[nH]c3C)C2)nc(C)n1. The van der Waals surface area contributed by atoms with Gasteiger partial charge in [-0.15, -0.1) is 0 Å². The second-order valence-corrected chi connectivity index (χ2v) is 8.28. The van der Waals surface area contributed by atoms with Crippen LogP contribution in [-0.2, 0) is 10.0 Å². The molecule has 9 heteroatoms. The van der Waals surface area contributed by atoms with E-state index in [9.17, 15) is 8.42 Å². The van der Waals surface area contributed by atoms with Gasteiger partial charge in [0.2, 0.25) is 15.9 Å². The highest BCUT2D eigenvalue weighted by molar-refractivity contribution is 7.89. The topological polar surface area (TPSA) is 101 Å². The van der Waals surface area contributed by atoms with E-state index >= 15 is 0 Å². The summed E-state index contributed by atoms with van der Waals surface area (Å²) in [6.45, 7) is 7.88. The Morgan fingerprint density at radius 2 is 2.00 bits per heavy atom. The second kappa shape index (κ2) is 6.72. The fourth-order valence-corrected chi connectivity index (χ4v) is 5.03. The summed E-state index contributed by atoms with van der Waals surface area (Å²) >= 11 is 0. The van der Waals surface area contributed by atoms with Gasteiger partial charge in [-0.25, -0.2) is 13.4 Å². The Hall–Kier alpha value is -2.00. The second-order valence-electron chi connectivity index (χ2n) is 6.40. The van der Waals surface area contributed by atoms with Gasteiger partial charge in [-0.1, -0.05) is 0 Å². The molecule has 2 aromatic rings. The quantitative estimate of drug-likeness (QED) is 0.884. The van der Waals surface area contributed by atoms with E-state index in [1.165, 1.54) is 4.31 Å². The number of sulfonamides is 1. The average molecular weight is 365 g/mol. The molecule has 0 radical (unpaired) electrons. The molecule has 1 atom stereocenters. The fourth-order valence-electron chi connectivity index (χ4n) is 3.18. The van der Waals surface area contributed by atoms with Gasteiger partial charge < -0.3 is 4.74 Å². The number of hydrogen-bond acceptors (Lipinski definition) is 6. The van der Waals surface area contributed by atoms with E-state index in [0.29, 0.717) is 36.2 Å². The molecule has 25 heavy (non-hydrogen) atoms. The molecular formula is C16H23N5O3S. The van der Waals surface area contributed by atoms with Crippen LogP contribution in [0.15, 0.2) is 11.0 Å². The van der Waals surface area contributed by atoms with E-state index in [1.54, 1.807) is 19.9 Å². The third kappa shape index (κ3) is 3.67. The minimum Gasteiger partial charge on any atom is -0.473 e. The highest BCUT2D eigenvalue weighted by Crippen LogP contribution is 2.26. The number of nitrogens with zero attached hydrogens (tertiary/aromatic N) is 4. The molecule has 1 aliphatic heterocycles. The molecule has 1 unspecified atom stereocenters. The zero-order valence-corrected chi connectivity index (χ0v) is 15.7. The van der Waals surface area contributed by atoms with Crippen LogP contribution in [0.5, 0.6) is 5.88 Å². The summed E-state index contributed by atoms with van der Waals surface area (Å²) in [7, 11) is -3.59. The average Bonchev–Trinajstić information content (AvgIpc) is 2.86. The van der Waals surface area contributed by atoms with Gasteiger partial charge in [-0.05, 0) is 40.5 Å². The smallest absolute Gasteiger partial charge is 0.246 e. The number of nitrogens with one attached hydrogen (secondary N) is 1. The largest absolute Gasteiger partial charge is 0.473 e. The van der Waals surface area contributed by atoms with Gasteiger partial charge in [0.15, 0.2) is 0 Å². The highest BCUT2D eigenvalue weighted by Gasteiger charge is 2.34. The number of aromatic amines is 1. The lowest BCUT2D eigenvalue weighted by Crippen LogP contribution is -2.44. The monoisotopic (exact) mass is 365 g/mol. The summed E-state index contributed by atoms with van der Waals surface area (Å²) in [6.07, 6.45) is 1.30. The molecule has 0 spiro atoms. The zero-order chi connectivity index (χ0) is 18.2. The molecule has 0 bridgehead atoms.